The molecule has 2 heterocycles. The summed E-state index contributed by atoms with van der Waals surface area (Å²) in [6.45, 7) is 6.98. The van der Waals surface area contributed by atoms with Gasteiger partial charge in [-0.15, -0.1) is 0 Å². The van der Waals surface area contributed by atoms with E-state index >= 15 is 0 Å². The summed E-state index contributed by atoms with van der Waals surface area (Å²) in [4.78, 5) is 10.6. The van der Waals surface area contributed by atoms with Crippen molar-refractivity contribution < 1.29 is 4.48 Å². The van der Waals surface area contributed by atoms with E-state index in [-0.39, 0.29) is 0 Å². The van der Waals surface area contributed by atoms with Gasteiger partial charge in [-0.1, -0.05) is 37.6 Å². The Morgan fingerprint density at radius 1 is 1.19 bits per heavy atom. The van der Waals surface area contributed by atoms with Gasteiger partial charge in [0.05, 0.1) is 5.69 Å². The lowest BCUT2D eigenvalue weighted by Gasteiger charge is -2.32. The smallest absolute Gasteiger partial charge is 0.200 e. The summed E-state index contributed by atoms with van der Waals surface area (Å²) in [6.07, 6.45) is 3.95. The van der Waals surface area contributed by atoms with E-state index < -0.39 is 0 Å². The molecule has 0 saturated carbocycles. The van der Waals surface area contributed by atoms with Crippen molar-refractivity contribution in [2.24, 2.45) is 10.9 Å². The maximum absolute atomic E-state index is 6.23. The first-order valence-electron chi connectivity index (χ1n) is 9.19. The topological polar surface area (TPSA) is 37.3 Å². The number of nitrogens with zero attached hydrogens (tertiary/aromatic N) is 3. The van der Waals surface area contributed by atoms with E-state index in [4.69, 9.17) is 16.6 Å². The number of benzene rings is 1. The van der Waals surface area contributed by atoms with Crippen LogP contribution in [0, 0.1) is 5.92 Å². The van der Waals surface area contributed by atoms with Gasteiger partial charge in [-0.3, -0.25) is 4.98 Å². The van der Waals surface area contributed by atoms with E-state index in [0.717, 1.165) is 40.9 Å². The normalized spacial score (nSPS) is 19.3. The summed E-state index contributed by atoms with van der Waals surface area (Å²) < 4.78 is 0.669. The molecular formula is C21H26ClN4S+. The molecule has 2 aromatic rings. The summed E-state index contributed by atoms with van der Waals surface area (Å²) in [7, 11) is 1.99. The van der Waals surface area contributed by atoms with Gasteiger partial charge in [-0.25, -0.2) is 9.48 Å². The summed E-state index contributed by atoms with van der Waals surface area (Å²) >= 11 is 7.99. The van der Waals surface area contributed by atoms with E-state index in [1.54, 1.807) is 11.8 Å². The number of likely N-dealkylation sites (N-methyl/N-ethyl adjacent to an activating group) is 1. The number of quaternary nitrogens is 1. The number of nitrogens with one attached hydrogen (secondary N) is 1. The number of halogens is 1. The van der Waals surface area contributed by atoms with Crippen molar-refractivity contribution in [2.75, 3.05) is 20.1 Å². The Hall–Kier alpha value is -1.66. The zero-order chi connectivity index (χ0) is 19.3. The van der Waals surface area contributed by atoms with Crippen LogP contribution in [0.3, 0.4) is 0 Å². The van der Waals surface area contributed by atoms with E-state index in [1.807, 2.05) is 43.6 Å². The third kappa shape index (κ3) is 4.79. The third-order valence-corrected chi connectivity index (χ3v) is 6.02. The Labute approximate surface area is 171 Å². The largest absolute Gasteiger partial charge is 0.315 e. The van der Waals surface area contributed by atoms with Crippen molar-refractivity contribution in [3.05, 3.63) is 70.1 Å². The molecule has 1 aliphatic heterocycles. The van der Waals surface area contributed by atoms with Gasteiger partial charge in [0.25, 0.3) is 0 Å². The lowest BCUT2D eigenvalue weighted by molar-refractivity contribution is -0.798. The minimum atomic E-state index is 0.348. The maximum Gasteiger partial charge on any atom is 0.200 e. The highest BCUT2D eigenvalue weighted by atomic mass is 35.5. The summed E-state index contributed by atoms with van der Waals surface area (Å²) in [6, 6.07) is 14.1. The van der Waals surface area contributed by atoms with Crippen LogP contribution >= 0.6 is 23.4 Å². The first-order valence-corrected chi connectivity index (χ1v) is 10.4. The van der Waals surface area contributed by atoms with Crippen LogP contribution in [0.2, 0.25) is 5.02 Å². The second-order valence-electron chi connectivity index (χ2n) is 6.99. The number of aromatic nitrogens is 1. The summed E-state index contributed by atoms with van der Waals surface area (Å²) in [5.74, 6) is 0.348. The molecule has 4 nitrogen and oxygen atoms in total. The fourth-order valence-electron chi connectivity index (χ4n) is 3.13. The van der Waals surface area contributed by atoms with Gasteiger partial charge in [0, 0.05) is 28.6 Å². The molecule has 1 atom stereocenters. The second kappa shape index (κ2) is 9.02. The van der Waals surface area contributed by atoms with Gasteiger partial charge in [0.2, 0.25) is 5.03 Å². The van der Waals surface area contributed by atoms with Gasteiger partial charge in [0.1, 0.15) is 18.8 Å². The Bertz CT molecular complexity index is 835. The molecule has 0 bridgehead atoms. The number of hydrogen-bond donors (Lipinski definition) is 1. The highest BCUT2D eigenvalue weighted by Crippen LogP contribution is 2.43. The van der Waals surface area contributed by atoms with Crippen LogP contribution in [0.4, 0.5) is 0 Å². The molecule has 1 N–H and O–H groups in total. The quantitative estimate of drug-likeness (QED) is 0.637. The highest BCUT2D eigenvalue weighted by molar-refractivity contribution is 8.02. The molecule has 0 aliphatic carbocycles. The third-order valence-electron chi connectivity index (χ3n) is 4.53. The van der Waals surface area contributed by atoms with Crippen LogP contribution in [-0.4, -0.2) is 35.9 Å². The SMILES string of the molecule is CNCC[N+]1(Cc2ccccn2)C=NC(C(C)C)=C1Sc1cccc(Cl)c1. The van der Waals surface area contributed by atoms with Crippen molar-refractivity contribution in [1.82, 2.24) is 10.3 Å². The molecule has 1 unspecified atom stereocenters. The number of hydrogen-bond acceptors (Lipinski definition) is 4. The van der Waals surface area contributed by atoms with E-state index in [2.05, 4.69) is 42.6 Å². The molecule has 1 aromatic heterocycles. The first kappa shape index (κ1) is 20.1. The van der Waals surface area contributed by atoms with Crippen molar-refractivity contribution in [3.63, 3.8) is 0 Å². The van der Waals surface area contributed by atoms with Gasteiger partial charge >= 0.3 is 0 Å². The maximum atomic E-state index is 6.23. The van der Waals surface area contributed by atoms with Gasteiger partial charge in [-0.2, -0.15) is 0 Å². The zero-order valence-electron chi connectivity index (χ0n) is 16.0. The van der Waals surface area contributed by atoms with E-state index in [9.17, 15) is 0 Å². The standard InChI is InChI=1S/C21H26ClN4S/c1-16(2)20-21(27-19-9-6-7-17(22)13-19)26(15-25-20,12-11-23-3)14-18-8-4-5-10-24-18/h4-10,13,15-16,23H,11-12,14H2,1-3H3/q+1. The van der Waals surface area contributed by atoms with Gasteiger partial charge in [0.15, 0.2) is 6.34 Å². The van der Waals surface area contributed by atoms with Gasteiger partial charge < -0.3 is 5.32 Å². The number of aliphatic imine (C=N–C) groups is 1. The molecule has 0 amide bonds. The lowest BCUT2D eigenvalue weighted by atomic mass is 10.1. The molecule has 27 heavy (non-hydrogen) atoms. The number of thioether (sulfide) groups is 1. The minimum Gasteiger partial charge on any atom is -0.315 e. The van der Waals surface area contributed by atoms with Crippen molar-refractivity contribution in [2.45, 2.75) is 25.3 Å². The molecule has 1 aliphatic rings. The number of allylic oxidation sites excluding steroid dienone is 1. The predicted molar refractivity (Wildman–Crippen MR) is 115 cm³/mol. The van der Waals surface area contributed by atoms with Crippen molar-refractivity contribution >= 4 is 29.7 Å². The monoisotopic (exact) mass is 401 g/mol. The molecule has 142 valence electrons. The number of rotatable bonds is 8. The van der Waals surface area contributed by atoms with Crippen LogP contribution in [0.15, 0.2) is 69.3 Å². The average molecular weight is 402 g/mol. The lowest BCUT2D eigenvalue weighted by Crippen LogP contribution is -2.46. The van der Waals surface area contributed by atoms with Crippen LogP contribution in [-0.2, 0) is 6.54 Å². The van der Waals surface area contributed by atoms with Crippen LogP contribution in [0.25, 0.3) is 0 Å². The Balaban J connectivity index is 2.02. The van der Waals surface area contributed by atoms with Gasteiger partial charge in [-0.05, 0) is 49.1 Å². The Morgan fingerprint density at radius 2 is 2.04 bits per heavy atom. The molecule has 3 rings (SSSR count). The molecule has 0 fully saturated rings. The molecule has 0 saturated heterocycles. The molecule has 0 radical (unpaired) electrons. The first-order chi connectivity index (χ1) is 13.0. The molecular weight excluding hydrogens is 376 g/mol. The van der Waals surface area contributed by atoms with Crippen molar-refractivity contribution in [3.8, 4) is 0 Å². The number of pyridine rings is 1. The van der Waals surface area contributed by atoms with E-state index in [0.29, 0.717) is 10.4 Å². The molecule has 6 heteroatoms. The van der Waals surface area contributed by atoms with E-state index in [1.165, 1.54) is 5.03 Å². The summed E-state index contributed by atoms with van der Waals surface area (Å²) in [5.41, 5.74) is 2.21. The Kier molecular flexibility index (Phi) is 6.71. The van der Waals surface area contributed by atoms with Crippen LogP contribution < -0.4 is 5.32 Å². The minimum absolute atomic E-state index is 0.348. The predicted octanol–water partition coefficient (Wildman–Crippen LogP) is 4.93. The van der Waals surface area contributed by atoms with Crippen molar-refractivity contribution in [1.29, 1.82) is 0 Å². The zero-order valence-corrected chi connectivity index (χ0v) is 17.6. The fourth-order valence-corrected chi connectivity index (χ4v) is 4.72. The Morgan fingerprint density at radius 3 is 2.70 bits per heavy atom. The average Bonchev–Trinajstić information content (AvgIpc) is 2.99. The summed E-state index contributed by atoms with van der Waals surface area (Å²) in [5, 5.41) is 5.30. The molecule has 1 aromatic carbocycles. The fraction of sp³-hybridized carbons (Fsp3) is 0.333. The highest BCUT2D eigenvalue weighted by Gasteiger charge is 2.40. The van der Waals surface area contributed by atoms with Crippen LogP contribution in [0.5, 0.6) is 0 Å². The van der Waals surface area contributed by atoms with Crippen LogP contribution in [0.1, 0.15) is 19.5 Å². The second-order valence-corrected chi connectivity index (χ2v) is 8.49. The molecule has 0 spiro atoms.